The summed E-state index contributed by atoms with van der Waals surface area (Å²) in [7, 11) is 1.32. The van der Waals surface area contributed by atoms with Gasteiger partial charge in [0.2, 0.25) is 0 Å². The standard InChI is InChI=1S/C12H13ClO2/c1-3-4-11(12(14)15-2)9-5-7-10(13)8-6-9/h3,5-8,11H,1,4H2,2H3/i1D2. The first kappa shape index (κ1) is 8.98. The van der Waals surface area contributed by atoms with Crippen LogP contribution in [0, 0.1) is 0 Å². The Morgan fingerprint density at radius 3 is 2.87 bits per heavy atom. The van der Waals surface area contributed by atoms with Gasteiger partial charge in [-0.1, -0.05) is 29.8 Å². The number of allylic oxidation sites excluding steroid dienone is 1. The van der Waals surface area contributed by atoms with Crippen LogP contribution in [-0.2, 0) is 9.53 Å². The molecule has 0 N–H and O–H groups in total. The SMILES string of the molecule is [2H]C([2H])=CCC(C(=O)OC)c1ccc(Cl)cc1. The first-order valence-corrected chi connectivity index (χ1v) is 4.89. The number of methoxy groups -OCH3 is 1. The largest absolute Gasteiger partial charge is 0.469 e. The normalized spacial score (nSPS) is 13.5. The van der Waals surface area contributed by atoms with Crippen LogP contribution in [0.1, 0.15) is 20.6 Å². The Bertz CT molecular complexity index is 411. The van der Waals surface area contributed by atoms with Gasteiger partial charge in [-0.05, 0) is 24.1 Å². The zero-order chi connectivity index (χ0) is 12.8. The summed E-state index contributed by atoms with van der Waals surface area (Å²) in [5, 5.41) is 0.592. The number of hydrogen-bond donors (Lipinski definition) is 0. The van der Waals surface area contributed by atoms with Crippen LogP contribution in [0.15, 0.2) is 36.9 Å². The number of hydrogen-bond acceptors (Lipinski definition) is 2. The lowest BCUT2D eigenvalue weighted by atomic mass is 9.96. The molecule has 2 nitrogen and oxygen atoms in total. The predicted octanol–water partition coefficient (Wildman–Crippen LogP) is 3.17. The van der Waals surface area contributed by atoms with E-state index in [0.717, 1.165) is 5.56 Å². The lowest BCUT2D eigenvalue weighted by Crippen LogP contribution is -2.13. The molecule has 1 aromatic carbocycles. The Morgan fingerprint density at radius 2 is 2.33 bits per heavy atom. The molecule has 0 aliphatic rings. The predicted molar refractivity (Wildman–Crippen MR) is 61.0 cm³/mol. The molecule has 0 saturated carbocycles. The number of benzene rings is 1. The van der Waals surface area contributed by atoms with Crippen molar-refractivity contribution in [1.82, 2.24) is 0 Å². The molecule has 0 spiro atoms. The van der Waals surface area contributed by atoms with Gasteiger partial charge >= 0.3 is 5.97 Å². The Morgan fingerprint density at radius 1 is 1.67 bits per heavy atom. The van der Waals surface area contributed by atoms with E-state index in [2.05, 4.69) is 0 Å². The maximum absolute atomic E-state index is 11.6. The number of ether oxygens (including phenoxy) is 1. The van der Waals surface area contributed by atoms with Crippen molar-refractivity contribution in [3.05, 3.63) is 47.5 Å². The van der Waals surface area contributed by atoms with Gasteiger partial charge in [0, 0.05) is 5.02 Å². The van der Waals surface area contributed by atoms with Crippen LogP contribution >= 0.6 is 11.6 Å². The topological polar surface area (TPSA) is 26.3 Å². The molecule has 1 rings (SSSR count). The van der Waals surface area contributed by atoms with Crippen molar-refractivity contribution < 1.29 is 12.3 Å². The van der Waals surface area contributed by atoms with Crippen LogP contribution in [0.5, 0.6) is 0 Å². The second kappa shape index (κ2) is 5.56. The first-order valence-electron chi connectivity index (χ1n) is 5.51. The Kier molecular flexibility index (Phi) is 3.33. The molecule has 0 aliphatic carbocycles. The van der Waals surface area contributed by atoms with Crippen molar-refractivity contribution in [3.63, 3.8) is 0 Å². The highest BCUT2D eigenvalue weighted by Crippen LogP contribution is 2.23. The molecule has 0 saturated heterocycles. The molecule has 3 heteroatoms. The highest BCUT2D eigenvalue weighted by molar-refractivity contribution is 6.30. The molecule has 0 heterocycles. The van der Waals surface area contributed by atoms with Gasteiger partial charge in [-0.15, -0.1) is 6.53 Å². The molecule has 0 aromatic heterocycles. The van der Waals surface area contributed by atoms with Crippen LogP contribution in [0.25, 0.3) is 0 Å². The van der Waals surface area contributed by atoms with Crippen molar-refractivity contribution >= 4 is 17.6 Å². The number of carbonyl (C=O) groups is 1. The van der Waals surface area contributed by atoms with E-state index >= 15 is 0 Å². The molecule has 0 amide bonds. The highest BCUT2D eigenvalue weighted by Gasteiger charge is 2.19. The molecular formula is C12H13ClO2. The monoisotopic (exact) mass is 226 g/mol. The zero-order valence-corrected chi connectivity index (χ0v) is 9.12. The van der Waals surface area contributed by atoms with Gasteiger partial charge in [0.25, 0.3) is 0 Å². The second-order valence-corrected chi connectivity index (χ2v) is 3.50. The highest BCUT2D eigenvalue weighted by atomic mass is 35.5. The van der Waals surface area contributed by atoms with Crippen molar-refractivity contribution in [1.29, 1.82) is 0 Å². The quantitative estimate of drug-likeness (QED) is 0.582. The van der Waals surface area contributed by atoms with E-state index in [1.807, 2.05) is 0 Å². The lowest BCUT2D eigenvalue weighted by Gasteiger charge is -2.12. The zero-order valence-electron chi connectivity index (χ0n) is 10.4. The van der Waals surface area contributed by atoms with Crippen molar-refractivity contribution in [2.75, 3.05) is 7.11 Å². The summed E-state index contributed by atoms with van der Waals surface area (Å²) in [6.45, 7) is -0.312. The Labute approximate surface area is 97.3 Å². The van der Waals surface area contributed by atoms with Crippen LogP contribution < -0.4 is 0 Å². The van der Waals surface area contributed by atoms with E-state index in [-0.39, 0.29) is 18.9 Å². The van der Waals surface area contributed by atoms with Crippen molar-refractivity contribution in [3.8, 4) is 0 Å². The Hall–Kier alpha value is -1.28. The fourth-order valence-corrected chi connectivity index (χ4v) is 1.45. The van der Waals surface area contributed by atoms with E-state index in [1.165, 1.54) is 13.2 Å². The summed E-state index contributed by atoms with van der Waals surface area (Å²) in [6, 6.07) is 6.87. The first-order chi connectivity index (χ1) is 8.04. The molecule has 80 valence electrons. The molecule has 1 unspecified atom stereocenters. The van der Waals surface area contributed by atoms with Crippen molar-refractivity contribution in [2.24, 2.45) is 0 Å². The smallest absolute Gasteiger partial charge is 0.313 e. The van der Waals surface area contributed by atoms with E-state index in [0.29, 0.717) is 5.02 Å². The molecule has 15 heavy (non-hydrogen) atoms. The van der Waals surface area contributed by atoms with Crippen molar-refractivity contribution in [2.45, 2.75) is 12.3 Å². The molecule has 0 radical (unpaired) electrons. The second-order valence-electron chi connectivity index (χ2n) is 3.07. The third kappa shape index (κ3) is 3.10. The van der Waals surface area contributed by atoms with E-state index in [4.69, 9.17) is 19.1 Å². The van der Waals surface area contributed by atoms with Gasteiger partial charge in [-0.3, -0.25) is 4.79 Å². The minimum atomic E-state index is -0.497. The third-order valence-corrected chi connectivity index (χ3v) is 2.36. The third-order valence-electron chi connectivity index (χ3n) is 2.11. The maximum Gasteiger partial charge on any atom is 0.313 e. The summed E-state index contributed by atoms with van der Waals surface area (Å²) in [4.78, 5) is 11.6. The van der Waals surface area contributed by atoms with Crippen LogP contribution in [-0.4, -0.2) is 13.1 Å². The van der Waals surface area contributed by atoms with E-state index in [1.54, 1.807) is 24.3 Å². The summed E-state index contributed by atoms with van der Waals surface area (Å²) in [5.74, 6) is -0.882. The summed E-state index contributed by atoms with van der Waals surface area (Å²) in [5.41, 5.74) is 0.763. The minimum Gasteiger partial charge on any atom is -0.469 e. The number of carbonyl (C=O) groups excluding carboxylic acids is 1. The van der Waals surface area contributed by atoms with Gasteiger partial charge in [-0.2, -0.15) is 0 Å². The van der Waals surface area contributed by atoms with E-state index < -0.39 is 5.92 Å². The maximum atomic E-state index is 11.6. The molecule has 0 fully saturated rings. The number of rotatable bonds is 4. The summed E-state index contributed by atoms with van der Waals surface area (Å²) < 4.78 is 18.7. The van der Waals surface area contributed by atoms with Gasteiger partial charge < -0.3 is 4.74 Å². The lowest BCUT2D eigenvalue weighted by molar-refractivity contribution is -0.142. The van der Waals surface area contributed by atoms with Gasteiger partial charge in [0.15, 0.2) is 0 Å². The van der Waals surface area contributed by atoms with Crippen LogP contribution in [0.2, 0.25) is 5.02 Å². The Balaban J connectivity index is 2.93. The summed E-state index contributed by atoms with van der Waals surface area (Å²) >= 11 is 5.77. The summed E-state index contributed by atoms with van der Waals surface area (Å²) in [6.07, 6.45) is 1.65. The number of esters is 1. The van der Waals surface area contributed by atoms with Gasteiger partial charge in [-0.25, -0.2) is 0 Å². The molecular weight excluding hydrogens is 212 g/mol. The molecule has 1 atom stereocenters. The fourth-order valence-electron chi connectivity index (χ4n) is 1.32. The molecule has 0 bridgehead atoms. The average Bonchev–Trinajstić information content (AvgIpc) is 2.30. The van der Waals surface area contributed by atoms with Gasteiger partial charge in [0.1, 0.15) is 0 Å². The fraction of sp³-hybridized carbons (Fsp3) is 0.250. The number of halogens is 1. The van der Waals surface area contributed by atoms with Crippen LogP contribution in [0.3, 0.4) is 0 Å². The van der Waals surface area contributed by atoms with Gasteiger partial charge in [0.05, 0.1) is 15.8 Å². The molecule has 0 aliphatic heterocycles. The van der Waals surface area contributed by atoms with E-state index in [9.17, 15) is 4.79 Å². The average molecular weight is 227 g/mol. The minimum absolute atomic E-state index is 0.274. The van der Waals surface area contributed by atoms with Crippen LogP contribution in [0.4, 0.5) is 0 Å². The molecule has 1 aromatic rings.